The first-order chi connectivity index (χ1) is 65.4. The molecule has 0 aromatic heterocycles. The van der Waals surface area contributed by atoms with Crippen molar-refractivity contribution in [2.75, 3.05) is 0 Å². The summed E-state index contributed by atoms with van der Waals surface area (Å²) in [5.41, 5.74) is -1.84. The number of hydrogen-bond donors (Lipinski definition) is 5. The molecule has 0 amide bonds. The summed E-state index contributed by atoms with van der Waals surface area (Å²) in [4.78, 5) is 127. The van der Waals surface area contributed by atoms with E-state index >= 15 is 14.4 Å². The molecule has 0 aliphatic rings. The van der Waals surface area contributed by atoms with E-state index in [1.807, 2.05) is 117 Å². The van der Waals surface area contributed by atoms with Gasteiger partial charge in [0.05, 0.1) is 0 Å². The van der Waals surface area contributed by atoms with Gasteiger partial charge in [-0.15, -0.1) is 0 Å². The summed E-state index contributed by atoms with van der Waals surface area (Å²) in [7, 11) is 0. The Morgan fingerprint density at radius 3 is 1.01 bits per heavy atom. The van der Waals surface area contributed by atoms with Crippen molar-refractivity contribution in [3.05, 3.63) is 233 Å². The Bertz CT molecular complexity index is 3640. The molecule has 0 aromatic carbocycles. The van der Waals surface area contributed by atoms with Crippen LogP contribution in [0, 0.1) is 61.9 Å². The number of ketones is 4. The number of nitrogens with zero attached hydrogens (tertiary/aromatic N) is 5. The molecule has 0 heterocycles. The average molecular weight is 1890 g/mol. The minimum absolute atomic E-state index is 0.0373. The molecule has 762 valence electrons. The van der Waals surface area contributed by atoms with Crippen LogP contribution in [0.3, 0.4) is 0 Å². The van der Waals surface area contributed by atoms with Crippen molar-refractivity contribution >= 4 is 29.1 Å². The predicted molar refractivity (Wildman–Crippen MR) is 548 cm³/mol. The third-order valence-electron chi connectivity index (χ3n) is 24.7. The lowest BCUT2D eigenvalue weighted by Crippen LogP contribution is -2.46. The maximum absolute atomic E-state index is 15.1. The van der Waals surface area contributed by atoms with Crippen LogP contribution in [-0.2, 0) is 24.0 Å². The summed E-state index contributed by atoms with van der Waals surface area (Å²) < 4.78 is 0. The highest BCUT2D eigenvalue weighted by atomic mass is 16.6. The van der Waals surface area contributed by atoms with Crippen LogP contribution >= 0.6 is 0 Å². The van der Waals surface area contributed by atoms with Crippen molar-refractivity contribution in [2.24, 2.45) is 11.3 Å². The number of hydrogen-bond acceptors (Lipinski definition) is 19. The van der Waals surface area contributed by atoms with Crippen molar-refractivity contribution in [3.63, 3.8) is 0 Å². The predicted octanol–water partition coefficient (Wildman–Crippen LogP) is 27.4. The summed E-state index contributed by atoms with van der Waals surface area (Å²) in [5, 5.41) is 111. The zero-order valence-corrected chi connectivity index (χ0v) is 83.1. The highest BCUT2D eigenvalue weighted by molar-refractivity contribution is 6.24. The number of allylic oxidation sites excluding steroid dienone is 23. The van der Waals surface area contributed by atoms with Gasteiger partial charge in [-0.25, -0.2) is 0 Å². The van der Waals surface area contributed by atoms with Crippen molar-refractivity contribution in [3.8, 4) is 0 Å². The number of aliphatic hydroxyl groups excluding tert-OH is 4. The normalized spacial score (nSPS) is 15.3. The molecule has 0 saturated carbocycles. The molecular formula is C110H177N5O20. The van der Waals surface area contributed by atoms with Crippen LogP contribution in [0.5, 0.6) is 0 Å². The molecule has 25 heteroatoms. The molecule has 0 fully saturated rings. The Kier molecular flexibility index (Phi) is 83.2. The Balaban J connectivity index is 6.22. The molecule has 25 nitrogen and oxygen atoms in total. The monoisotopic (exact) mass is 1890 g/mol. The van der Waals surface area contributed by atoms with Gasteiger partial charge in [-0.1, -0.05) is 332 Å². The van der Waals surface area contributed by atoms with Gasteiger partial charge in [0.1, 0.15) is 41.5 Å². The Morgan fingerprint density at radius 2 is 0.563 bits per heavy atom. The summed E-state index contributed by atoms with van der Waals surface area (Å²) in [5.74, 6) is -3.53. The molecule has 0 saturated heterocycles. The molecule has 0 spiro atoms. The standard InChI is InChI=1S/C110H177N5O20/c1-5-9-13-15-17-18-29-38-49-65-79-95(111(126)127)80-66-50-47-51-67-81-96(109(124)125)101(116)86-71-56-41-33-28-34-43-58-74-90-105(120)100(115(134)135)85-70-54-48-62-78-94-110(106(121)91-75-59-44-35-25-21-19-23-30-39-52-68-83-98(113(130)131)102(117)87-64-12-8-4,107(122)92-76-60-45-36-26-22-20-24-32-42-57-73-89-103(118)97(112(128)129)82-63-11-7-3)108(123)93-77-61-46-37-27-31-40-53-69-84-99(114(132)133)104(119)88-72-55-16-14-10-6-2/h17-24,30-32,34,38,40,43,49,52-55,57-58,66,68-70,72-74,80,95-100,102-105,117-120H,5-16,25-29,33,35-37,39,41-42,44-48,50-51,56,59-65,67,71,75-79,81-94H2,1-4H3,(H,124,125)/b18-17-,21-19?,22-20-,30-23?,32-24-,40-31-,43-34-,49-38-,68-52?,69-53-,70-54-,72-55-,73-57-,74-58-,80-66-. The van der Waals surface area contributed by atoms with Gasteiger partial charge in [0, 0.05) is 82.4 Å². The van der Waals surface area contributed by atoms with E-state index in [1.165, 1.54) is 19.3 Å². The molecule has 11 atom stereocenters. The van der Waals surface area contributed by atoms with Gasteiger partial charge in [-0.2, -0.15) is 0 Å². The Morgan fingerprint density at radius 1 is 0.267 bits per heavy atom. The molecule has 0 rings (SSSR count). The van der Waals surface area contributed by atoms with E-state index in [-0.39, 0.29) is 110 Å². The van der Waals surface area contributed by atoms with Crippen molar-refractivity contribution in [2.45, 2.75) is 468 Å². The molecule has 11 unspecified atom stereocenters. The number of Topliss-reactive ketones (excluding diaryl/α,β-unsaturated/α-hetero) is 4. The first kappa shape index (κ1) is 126. The SMILES string of the molecule is CCCCC/C=C\C/C=C\CCC(/C=C\CCCCCC(C(=O)O)C(=O)CCCCCC/C=C\C=C/CC(O)C(C/C=C\CCCCC(C(=O)CCCCCCC=CC=CCC=CCC(C(O)CCCCC)[N+](=O)[O-])(C(=O)CCCCCC/C=C\C=C/C/C=C\CC(O)C(CCCCC)[N+](=O)[O-])C(=O)CCCCCC/C=C\C=C/CC(C(O)C/C=C\CCCCC)[N+](=O)[O-])[N+](=O)[O-])[N+](=O)[O-]. The summed E-state index contributed by atoms with van der Waals surface area (Å²) in [6.45, 7) is 8.37. The number of aliphatic carboxylic acids is 1. The van der Waals surface area contributed by atoms with Gasteiger partial charge >= 0.3 is 5.97 Å². The van der Waals surface area contributed by atoms with Crippen molar-refractivity contribution in [1.29, 1.82) is 0 Å². The van der Waals surface area contributed by atoms with E-state index in [4.69, 9.17) is 0 Å². The number of carboxylic acid groups (broad SMARTS) is 1. The highest BCUT2D eigenvalue weighted by Gasteiger charge is 2.49. The third kappa shape index (κ3) is 68.7. The third-order valence-corrected chi connectivity index (χ3v) is 24.7. The number of nitro groups is 5. The van der Waals surface area contributed by atoms with Crippen LogP contribution in [0.1, 0.15) is 413 Å². The lowest BCUT2D eigenvalue weighted by atomic mass is 9.68. The van der Waals surface area contributed by atoms with Gasteiger partial charge in [0.15, 0.2) is 17.3 Å². The number of carboxylic acids is 1. The first-order valence-corrected chi connectivity index (χ1v) is 52.0. The van der Waals surface area contributed by atoms with Crippen LogP contribution < -0.4 is 0 Å². The van der Waals surface area contributed by atoms with Crippen LogP contribution in [-0.4, -0.2) is 134 Å². The average Bonchev–Trinajstić information content (AvgIpc) is 0.784. The van der Waals surface area contributed by atoms with E-state index in [2.05, 4.69) is 38.2 Å². The quantitative estimate of drug-likeness (QED) is 0.00943. The van der Waals surface area contributed by atoms with Crippen molar-refractivity contribution < 1.29 is 74.1 Å². The van der Waals surface area contributed by atoms with Gasteiger partial charge in [-0.05, 0) is 205 Å². The molecule has 135 heavy (non-hydrogen) atoms. The van der Waals surface area contributed by atoms with Crippen LogP contribution in [0.4, 0.5) is 0 Å². The van der Waals surface area contributed by atoms with Crippen LogP contribution in [0.2, 0.25) is 0 Å². The number of unbranched alkanes of at least 4 members (excludes halogenated alkanes) is 31. The Labute approximate surface area is 810 Å². The number of aliphatic hydroxyl groups is 4. The number of carbonyl (C=O) groups is 5. The van der Waals surface area contributed by atoms with Gasteiger partial charge in [0.25, 0.3) is 0 Å². The second kappa shape index (κ2) is 89.0. The second-order valence-corrected chi connectivity index (χ2v) is 36.1. The molecule has 0 aromatic rings. The lowest BCUT2D eigenvalue weighted by molar-refractivity contribution is -0.535. The number of rotatable bonds is 95. The van der Waals surface area contributed by atoms with E-state index < -0.39 is 86.7 Å². The lowest BCUT2D eigenvalue weighted by Gasteiger charge is -2.30. The van der Waals surface area contributed by atoms with Crippen LogP contribution in [0.15, 0.2) is 182 Å². The summed E-state index contributed by atoms with van der Waals surface area (Å²) in [6.07, 6.45) is 89.6. The summed E-state index contributed by atoms with van der Waals surface area (Å²) in [6, 6.07) is -5.20. The largest absolute Gasteiger partial charge is 0.481 e. The second-order valence-electron chi connectivity index (χ2n) is 36.1. The zero-order valence-electron chi connectivity index (χ0n) is 83.1. The first-order valence-electron chi connectivity index (χ1n) is 52.0. The summed E-state index contributed by atoms with van der Waals surface area (Å²) >= 11 is 0. The number of carbonyl (C=O) groups excluding carboxylic acids is 4. The van der Waals surface area contributed by atoms with E-state index in [1.54, 1.807) is 54.7 Å². The van der Waals surface area contributed by atoms with E-state index in [0.717, 1.165) is 154 Å². The fraction of sp³-hybridized carbons (Fsp3) is 0.682. The maximum atomic E-state index is 15.1. The minimum Gasteiger partial charge on any atom is -0.481 e. The topological polar surface area (TPSA) is 402 Å². The van der Waals surface area contributed by atoms with E-state index in [9.17, 15) is 85.7 Å². The Hall–Kier alpha value is -8.91. The maximum Gasteiger partial charge on any atom is 0.314 e. The van der Waals surface area contributed by atoms with Crippen LogP contribution in [0.25, 0.3) is 0 Å². The molecule has 0 bridgehead atoms. The zero-order chi connectivity index (χ0) is 99.7. The van der Waals surface area contributed by atoms with E-state index in [0.29, 0.717) is 135 Å². The molecule has 5 N–H and O–H groups in total. The molecular weight excluding hydrogens is 1710 g/mol. The fourth-order valence-electron chi connectivity index (χ4n) is 16.1. The molecule has 0 radical (unpaired) electrons. The molecule has 0 aliphatic heterocycles. The highest BCUT2D eigenvalue weighted by Crippen LogP contribution is 2.36. The smallest absolute Gasteiger partial charge is 0.314 e. The van der Waals surface area contributed by atoms with Gasteiger partial charge in [0.2, 0.25) is 30.2 Å². The molecule has 0 aliphatic carbocycles. The minimum atomic E-state index is -1.84. The van der Waals surface area contributed by atoms with Gasteiger partial charge < -0.3 is 25.5 Å². The van der Waals surface area contributed by atoms with Crippen molar-refractivity contribution in [1.82, 2.24) is 0 Å². The van der Waals surface area contributed by atoms with Gasteiger partial charge in [-0.3, -0.25) is 74.5 Å². The fourth-order valence-corrected chi connectivity index (χ4v) is 16.1.